The lowest BCUT2D eigenvalue weighted by Gasteiger charge is -2.01. The number of aromatic carboxylic acids is 1. The molecule has 84 valence electrons. The first kappa shape index (κ1) is 12.0. The Hall–Kier alpha value is -2.10. The fraction of sp³-hybridized carbons (Fsp3) is 0.167. The van der Waals surface area contributed by atoms with Gasteiger partial charge < -0.3 is 10.8 Å². The van der Waals surface area contributed by atoms with Crippen molar-refractivity contribution in [2.75, 3.05) is 0 Å². The highest BCUT2D eigenvalue weighted by Crippen LogP contribution is 2.13. The van der Waals surface area contributed by atoms with Gasteiger partial charge in [-0.3, -0.25) is 4.79 Å². The van der Waals surface area contributed by atoms with Gasteiger partial charge in [0.05, 0.1) is 5.56 Å². The highest BCUT2D eigenvalue weighted by molar-refractivity contribution is 5.88. The first-order valence-corrected chi connectivity index (χ1v) is 4.79. The SMILES string of the molecule is Cc1ccc(C(=O)O)cc1C=CCC(N)=O. The van der Waals surface area contributed by atoms with Gasteiger partial charge in [0.1, 0.15) is 0 Å². The van der Waals surface area contributed by atoms with Crippen LogP contribution in [-0.4, -0.2) is 17.0 Å². The molecule has 0 aliphatic carbocycles. The van der Waals surface area contributed by atoms with Gasteiger partial charge in [-0.2, -0.15) is 0 Å². The number of carboxylic acids is 1. The molecule has 0 bridgehead atoms. The van der Waals surface area contributed by atoms with E-state index in [0.717, 1.165) is 11.1 Å². The standard InChI is InChI=1S/C12H13NO3/c1-8-5-6-10(12(15)16)7-9(8)3-2-4-11(13)14/h2-3,5-7H,4H2,1H3,(H2,13,14)(H,15,16). The van der Waals surface area contributed by atoms with Crippen molar-refractivity contribution >= 4 is 18.0 Å². The Kier molecular flexibility index (Phi) is 3.83. The van der Waals surface area contributed by atoms with Crippen LogP contribution < -0.4 is 5.73 Å². The van der Waals surface area contributed by atoms with E-state index in [-0.39, 0.29) is 12.0 Å². The first-order valence-electron chi connectivity index (χ1n) is 4.79. The topological polar surface area (TPSA) is 80.4 Å². The Morgan fingerprint density at radius 1 is 1.44 bits per heavy atom. The minimum absolute atomic E-state index is 0.150. The molecule has 4 nitrogen and oxygen atoms in total. The smallest absolute Gasteiger partial charge is 0.335 e. The number of hydrogen-bond acceptors (Lipinski definition) is 2. The van der Waals surface area contributed by atoms with Gasteiger partial charge in [0, 0.05) is 6.42 Å². The lowest BCUT2D eigenvalue weighted by molar-refractivity contribution is -0.117. The van der Waals surface area contributed by atoms with Crippen LogP contribution in [0.5, 0.6) is 0 Å². The summed E-state index contributed by atoms with van der Waals surface area (Å²) < 4.78 is 0. The zero-order chi connectivity index (χ0) is 12.1. The highest BCUT2D eigenvalue weighted by atomic mass is 16.4. The maximum Gasteiger partial charge on any atom is 0.335 e. The monoisotopic (exact) mass is 219 g/mol. The number of amides is 1. The van der Waals surface area contributed by atoms with E-state index in [1.165, 1.54) is 0 Å². The molecule has 16 heavy (non-hydrogen) atoms. The van der Waals surface area contributed by atoms with E-state index >= 15 is 0 Å². The molecule has 0 saturated carbocycles. The van der Waals surface area contributed by atoms with Crippen LogP contribution in [0.3, 0.4) is 0 Å². The molecule has 0 atom stereocenters. The average Bonchev–Trinajstić information content (AvgIpc) is 2.20. The molecule has 0 radical (unpaired) electrons. The summed E-state index contributed by atoms with van der Waals surface area (Å²) in [5.74, 6) is -1.38. The van der Waals surface area contributed by atoms with E-state index in [4.69, 9.17) is 10.8 Å². The van der Waals surface area contributed by atoms with Gasteiger partial charge in [-0.05, 0) is 30.2 Å². The first-order chi connectivity index (χ1) is 7.50. The molecule has 0 spiro atoms. The lowest BCUT2D eigenvalue weighted by Crippen LogP contribution is -2.07. The van der Waals surface area contributed by atoms with Crippen molar-refractivity contribution in [2.45, 2.75) is 13.3 Å². The molecule has 1 amide bonds. The van der Waals surface area contributed by atoms with Gasteiger partial charge in [-0.15, -0.1) is 0 Å². The molecule has 0 heterocycles. The molecular weight excluding hydrogens is 206 g/mol. The molecule has 1 aromatic rings. The molecule has 0 aromatic heterocycles. The summed E-state index contributed by atoms with van der Waals surface area (Å²) in [5.41, 5.74) is 6.94. The Bertz CT molecular complexity index is 450. The fourth-order valence-electron chi connectivity index (χ4n) is 1.26. The number of rotatable bonds is 4. The maximum absolute atomic E-state index is 10.7. The Labute approximate surface area is 93.4 Å². The van der Waals surface area contributed by atoms with Gasteiger partial charge in [0.2, 0.25) is 5.91 Å². The number of nitrogens with two attached hydrogens (primary N) is 1. The van der Waals surface area contributed by atoms with Gasteiger partial charge in [-0.1, -0.05) is 18.2 Å². The summed E-state index contributed by atoms with van der Waals surface area (Å²) in [4.78, 5) is 21.3. The maximum atomic E-state index is 10.7. The summed E-state index contributed by atoms with van der Waals surface area (Å²) in [6, 6.07) is 4.84. The van der Waals surface area contributed by atoms with Crippen LogP contribution in [0.15, 0.2) is 24.3 Å². The molecule has 0 aliphatic rings. The van der Waals surface area contributed by atoms with Crippen molar-refractivity contribution in [3.63, 3.8) is 0 Å². The zero-order valence-corrected chi connectivity index (χ0v) is 8.93. The van der Waals surface area contributed by atoms with E-state index in [2.05, 4.69) is 0 Å². The van der Waals surface area contributed by atoms with Crippen molar-refractivity contribution < 1.29 is 14.7 Å². The van der Waals surface area contributed by atoms with Crippen molar-refractivity contribution in [3.05, 3.63) is 41.0 Å². The normalized spacial score (nSPS) is 10.6. The predicted octanol–water partition coefficient (Wildman–Crippen LogP) is 1.58. The summed E-state index contributed by atoms with van der Waals surface area (Å²) in [5, 5.41) is 8.82. The van der Waals surface area contributed by atoms with Gasteiger partial charge in [0.25, 0.3) is 0 Å². The number of aryl methyl sites for hydroxylation is 1. The van der Waals surface area contributed by atoms with Crippen LogP contribution >= 0.6 is 0 Å². The molecule has 0 aliphatic heterocycles. The summed E-state index contributed by atoms with van der Waals surface area (Å²) in [7, 11) is 0. The molecule has 1 aromatic carbocycles. The highest BCUT2D eigenvalue weighted by Gasteiger charge is 2.03. The lowest BCUT2D eigenvalue weighted by atomic mass is 10.0. The summed E-state index contributed by atoms with van der Waals surface area (Å²) in [6.45, 7) is 1.87. The van der Waals surface area contributed by atoms with E-state index in [9.17, 15) is 9.59 Å². The molecule has 1 rings (SSSR count). The van der Waals surface area contributed by atoms with E-state index in [1.807, 2.05) is 6.92 Å². The number of hydrogen-bond donors (Lipinski definition) is 2. The van der Waals surface area contributed by atoms with Gasteiger partial charge in [0.15, 0.2) is 0 Å². The average molecular weight is 219 g/mol. The minimum Gasteiger partial charge on any atom is -0.478 e. The number of carbonyl (C=O) groups excluding carboxylic acids is 1. The van der Waals surface area contributed by atoms with Crippen molar-refractivity contribution in [1.29, 1.82) is 0 Å². The third-order valence-corrected chi connectivity index (χ3v) is 2.14. The Balaban J connectivity index is 2.94. The van der Waals surface area contributed by atoms with Crippen LogP contribution in [0.4, 0.5) is 0 Å². The second kappa shape index (κ2) is 5.11. The van der Waals surface area contributed by atoms with Crippen LogP contribution in [0.2, 0.25) is 0 Å². The quantitative estimate of drug-likeness (QED) is 0.806. The summed E-state index contributed by atoms with van der Waals surface area (Å²) in [6.07, 6.45) is 3.47. The summed E-state index contributed by atoms with van der Waals surface area (Å²) >= 11 is 0. The van der Waals surface area contributed by atoms with Crippen LogP contribution in [0.25, 0.3) is 6.08 Å². The molecular formula is C12H13NO3. The molecule has 4 heteroatoms. The molecule has 0 unspecified atom stereocenters. The van der Waals surface area contributed by atoms with Gasteiger partial charge in [-0.25, -0.2) is 4.79 Å². The second-order valence-corrected chi connectivity index (χ2v) is 3.45. The largest absolute Gasteiger partial charge is 0.478 e. The number of primary amides is 1. The van der Waals surface area contributed by atoms with Crippen molar-refractivity contribution in [1.82, 2.24) is 0 Å². The number of benzene rings is 1. The molecule has 0 saturated heterocycles. The van der Waals surface area contributed by atoms with E-state index in [0.29, 0.717) is 0 Å². The molecule has 0 fully saturated rings. The van der Waals surface area contributed by atoms with Gasteiger partial charge >= 0.3 is 5.97 Å². The van der Waals surface area contributed by atoms with Crippen LogP contribution in [0, 0.1) is 6.92 Å². The second-order valence-electron chi connectivity index (χ2n) is 3.45. The number of carboxylic acid groups (broad SMARTS) is 1. The third-order valence-electron chi connectivity index (χ3n) is 2.14. The molecule has 3 N–H and O–H groups in total. The minimum atomic E-state index is -0.968. The fourth-order valence-corrected chi connectivity index (χ4v) is 1.26. The predicted molar refractivity (Wildman–Crippen MR) is 61.0 cm³/mol. The third kappa shape index (κ3) is 3.24. The van der Waals surface area contributed by atoms with Crippen molar-refractivity contribution in [3.8, 4) is 0 Å². The van der Waals surface area contributed by atoms with Crippen LogP contribution in [0.1, 0.15) is 27.9 Å². The number of carbonyl (C=O) groups is 2. The van der Waals surface area contributed by atoms with Crippen LogP contribution in [-0.2, 0) is 4.79 Å². The Morgan fingerprint density at radius 3 is 2.69 bits per heavy atom. The zero-order valence-electron chi connectivity index (χ0n) is 8.93. The van der Waals surface area contributed by atoms with Crippen molar-refractivity contribution in [2.24, 2.45) is 5.73 Å². The Morgan fingerprint density at radius 2 is 2.12 bits per heavy atom. The van der Waals surface area contributed by atoms with E-state index < -0.39 is 11.9 Å². The van der Waals surface area contributed by atoms with E-state index in [1.54, 1.807) is 30.4 Å².